The molecule has 0 aliphatic rings. The number of hydrogen-bond donors (Lipinski definition) is 0. The second-order valence-corrected chi connectivity index (χ2v) is 4.93. The van der Waals surface area contributed by atoms with Crippen LogP contribution in [0.5, 0.6) is 0 Å². The van der Waals surface area contributed by atoms with E-state index in [1.807, 2.05) is 17.7 Å². The summed E-state index contributed by atoms with van der Waals surface area (Å²) in [6.07, 6.45) is 1.64. The topological polar surface area (TPSA) is 17.8 Å². The van der Waals surface area contributed by atoms with Gasteiger partial charge in [-0.2, -0.15) is 0 Å². The van der Waals surface area contributed by atoms with Gasteiger partial charge in [-0.05, 0) is 23.1 Å². The molecule has 80 valence electrons. The van der Waals surface area contributed by atoms with Crippen molar-refractivity contribution in [2.75, 3.05) is 0 Å². The Morgan fingerprint density at radius 1 is 1.27 bits per heavy atom. The number of halogens is 1. The van der Waals surface area contributed by atoms with Gasteiger partial charge >= 0.3 is 0 Å². The smallest absolute Gasteiger partial charge is 0.151 e. The van der Waals surface area contributed by atoms with Crippen molar-refractivity contribution in [3.05, 3.63) is 29.8 Å². The summed E-state index contributed by atoms with van der Waals surface area (Å²) in [6.45, 7) is 6.22. The quantitative estimate of drug-likeness (QED) is 0.648. The fourth-order valence-corrected chi connectivity index (χ4v) is 1.62. The van der Waals surface area contributed by atoms with E-state index in [1.54, 1.807) is 12.4 Å². The number of benzene rings is 1. The maximum atomic E-state index is 13.7. The third-order valence-electron chi connectivity index (χ3n) is 2.65. The van der Waals surface area contributed by atoms with Gasteiger partial charge in [0.2, 0.25) is 0 Å². The summed E-state index contributed by atoms with van der Waals surface area (Å²) in [5, 5.41) is 0. The van der Waals surface area contributed by atoms with Crippen molar-refractivity contribution in [1.29, 1.82) is 0 Å². The average molecular weight is 206 g/mol. The molecular weight excluding hydrogens is 191 g/mol. The molecule has 1 aromatic carbocycles. The monoisotopic (exact) mass is 206 g/mol. The van der Waals surface area contributed by atoms with Crippen LogP contribution in [0.25, 0.3) is 11.0 Å². The normalized spacial score (nSPS) is 12.3. The Bertz CT molecular complexity index is 506. The maximum absolute atomic E-state index is 13.7. The van der Waals surface area contributed by atoms with Gasteiger partial charge in [0.15, 0.2) is 5.82 Å². The Balaban J connectivity index is 2.76. The molecule has 2 aromatic rings. The first-order valence-electron chi connectivity index (χ1n) is 5.00. The number of imidazole rings is 1. The Labute approximate surface area is 88.7 Å². The zero-order valence-electron chi connectivity index (χ0n) is 9.50. The predicted octanol–water partition coefficient (Wildman–Crippen LogP) is 3.01. The van der Waals surface area contributed by atoms with Crippen LogP contribution in [0.1, 0.15) is 26.3 Å². The number of aromatic nitrogens is 2. The molecule has 2 rings (SSSR count). The molecule has 0 saturated heterocycles. The van der Waals surface area contributed by atoms with Crippen molar-refractivity contribution in [2.24, 2.45) is 7.05 Å². The maximum Gasteiger partial charge on any atom is 0.151 e. The average Bonchev–Trinajstić information content (AvgIpc) is 2.47. The second kappa shape index (κ2) is 3.05. The van der Waals surface area contributed by atoms with E-state index in [1.165, 1.54) is 0 Å². The molecule has 0 spiro atoms. The lowest BCUT2D eigenvalue weighted by atomic mass is 9.87. The summed E-state index contributed by atoms with van der Waals surface area (Å²) in [5.74, 6) is -0.238. The molecule has 0 fully saturated rings. The zero-order valence-corrected chi connectivity index (χ0v) is 9.50. The van der Waals surface area contributed by atoms with Gasteiger partial charge in [-0.3, -0.25) is 0 Å². The molecule has 2 nitrogen and oxygen atoms in total. The molecule has 0 unspecified atom stereocenters. The number of aryl methyl sites for hydroxylation is 1. The fraction of sp³-hybridized carbons (Fsp3) is 0.417. The van der Waals surface area contributed by atoms with Gasteiger partial charge in [0.25, 0.3) is 0 Å². The SMILES string of the molecule is Cn1cnc2c(F)cc(C(C)(C)C)cc21. The first-order valence-corrected chi connectivity index (χ1v) is 5.00. The van der Waals surface area contributed by atoms with Crippen LogP contribution in [-0.2, 0) is 12.5 Å². The number of rotatable bonds is 0. The van der Waals surface area contributed by atoms with E-state index in [2.05, 4.69) is 25.8 Å². The summed E-state index contributed by atoms with van der Waals surface area (Å²) >= 11 is 0. The van der Waals surface area contributed by atoms with Gasteiger partial charge in [-0.1, -0.05) is 20.8 Å². The second-order valence-electron chi connectivity index (χ2n) is 4.93. The number of nitrogens with zero attached hydrogens (tertiary/aromatic N) is 2. The molecule has 0 saturated carbocycles. The molecule has 0 radical (unpaired) electrons. The van der Waals surface area contributed by atoms with Gasteiger partial charge < -0.3 is 4.57 Å². The molecule has 0 amide bonds. The minimum atomic E-state index is -0.238. The molecule has 1 aromatic heterocycles. The zero-order chi connectivity index (χ0) is 11.2. The highest BCUT2D eigenvalue weighted by atomic mass is 19.1. The van der Waals surface area contributed by atoms with Gasteiger partial charge in [0, 0.05) is 7.05 Å². The van der Waals surface area contributed by atoms with E-state index in [4.69, 9.17) is 0 Å². The lowest BCUT2D eigenvalue weighted by Gasteiger charge is -2.19. The van der Waals surface area contributed by atoms with Gasteiger partial charge in [0.05, 0.1) is 11.8 Å². The minimum Gasteiger partial charge on any atom is -0.334 e. The van der Waals surface area contributed by atoms with Crippen LogP contribution >= 0.6 is 0 Å². The highest BCUT2D eigenvalue weighted by molar-refractivity contribution is 5.77. The van der Waals surface area contributed by atoms with Crippen LogP contribution in [0.2, 0.25) is 0 Å². The largest absolute Gasteiger partial charge is 0.334 e. The first kappa shape index (κ1) is 10.1. The molecule has 0 bridgehead atoms. The number of fused-ring (bicyclic) bond motifs is 1. The summed E-state index contributed by atoms with van der Waals surface area (Å²) in [7, 11) is 1.88. The number of hydrogen-bond acceptors (Lipinski definition) is 1. The van der Waals surface area contributed by atoms with Crippen molar-refractivity contribution in [3.63, 3.8) is 0 Å². The standard InChI is InChI=1S/C12H15FN2/c1-12(2,3)8-5-9(13)11-10(6-8)15(4)7-14-11/h5-7H,1-4H3. The summed E-state index contributed by atoms with van der Waals surface area (Å²) in [6, 6.07) is 3.58. The highest BCUT2D eigenvalue weighted by Gasteiger charge is 2.17. The summed E-state index contributed by atoms with van der Waals surface area (Å²) in [5.41, 5.74) is 2.25. The van der Waals surface area contributed by atoms with Gasteiger partial charge in [-0.25, -0.2) is 9.37 Å². The van der Waals surface area contributed by atoms with Crippen LogP contribution in [-0.4, -0.2) is 9.55 Å². The van der Waals surface area contributed by atoms with E-state index in [0.29, 0.717) is 5.52 Å². The van der Waals surface area contributed by atoms with Crippen LogP contribution in [0, 0.1) is 5.82 Å². The van der Waals surface area contributed by atoms with E-state index in [0.717, 1.165) is 11.1 Å². The Hall–Kier alpha value is -1.38. The first-order chi connectivity index (χ1) is 6.89. The predicted molar refractivity (Wildman–Crippen MR) is 59.4 cm³/mol. The van der Waals surface area contributed by atoms with E-state index in [9.17, 15) is 4.39 Å². The molecule has 0 aliphatic heterocycles. The lowest BCUT2D eigenvalue weighted by molar-refractivity contribution is 0.576. The van der Waals surface area contributed by atoms with Crippen LogP contribution in [0.3, 0.4) is 0 Å². The Kier molecular flexibility index (Phi) is 2.07. The highest BCUT2D eigenvalue weighted by Crippen LogP contribution is 2.27. The van der Waals surface area contributed by atoms with Crippen molar-refractivity contribution >= 4 is 11.0 Å². The van der Waals surface area contributed by atoms with Crippen LogP contribution < -0.4 is 0 Å². The van der Waals surface area contributed by atoms with Crippen molar-refractivity contribution in [3.8, 4) is 0 Å². The minimum absolute atomic E-state index is 0.0424. The summed E-state index contributed by atoms with van der Waals surface area (Å²) < 4.78 is 15.6. The lowest BCUT2D eigenvalue weighted by Crippen LogP contribution is -2.11. The van der Waals surface area contributed by atoms with E-state index < -0.39 is 0 Å². The molecule has 0 aliphatic carbocycles. The van der Waals surface area contributed by atoms with Crippen LogP contribution in [0.4, 0.5) is 4.39 Å². The molecule has 1 heterocycles. The molecule has 15 heavy (non-hydrogen) atoms. The van der Waals surface area contributed by atoms with Crippen molar-refractivity contribution in [2.45, 2.75) is 26.2 Å². The molecule has 0 N–H and O–H groups in total. The van der Waals surface area contributed by atoms with E-state index >= 15 is 0 Å². The molecule has 0 atom stereocenters. The van der Waals surface area contributed by atoms with Crippen molar-refractivity contribution in [1.82, 2.24) is 9.55 Å². The van der Waals surface area contributed by atoms with E-state index in [-0.39, 0.29) is 11.2 Å². The molecule has 3 heteroatoms. The Morgan fingerprint density at radius 3 is 2.53 bits per heavy atom. The third-order valence-corrected chi connectivity index (χ3v) is 2.65. The fourth-order valence-electron chi connectivity index (χ4n) is 1.62. The summed E-state index contributed by atoms with van der Waals surface area (Å²) in [4.78, 5) is 4.03. The Morgan fingerprint density at radius 2 is 1.93 bits per heavy atom. The molecular formula is C12H15FN2. The third kappa shape index (κ3) is 1.62. The van der Waals surface area contributed by atoms with Gasteiger partial charge in [0.1, 0.15) is 5.52 Å². The van der Waals surface area contributed by atoms with Gasteiger partial charge in [-0.15, -0.1) is 0 Å². The van der Waals surface area contributed by atoms with Crippen LogP contribution in [0.15, 0.2) is 18.5 Å². The van der Waals surface area contributed by atoms with Crippen molar-refractivity contribution < 1.29 is 4.39 Å².